The number of hydrogen-bond donors (Lipinski definition) is 2. The molecular formula is C23H20N4O3. The zero-order valence-electron chi connectivity index (χ0n) is 16.5. The van der Waals surface area contributed by atoms with Crippen LogP contribution in [0.4, 0.5) is 11.5 Å². The van der Waals surface area contributed by atoms with Gasteiger partial charge >= 0.3 is 0 Å². The molecule has 4 rings (SSSR count). The average molecular weight is 400 g/mol. The van der Waals surface area contributed by atoms with Crippen molar-refractivity contribution in [3.63, 3.8) is 0 Å². The van der Waals surface area contributed by atoms with Gasteiger partial charge in [0.1, 0.15) is 17.3 Å². The van der Waals surface area contributed by atoms with E-state index in [0.717, 1.165) is 10.8 Å². The van der Waals surface area contributed by atoms with E-state index in [1.807, 2.05) is 30.3 Å². The highest BCUT2D eigenvalue weighted by Gasteiger charge is 2.12. The van der Waals surface area contributed by atoms with Gasteiger partial charge in [-0.3, -0.25) is 9.59 Å². The first kappa shape index (κ1) is 19.2. The lowest BCUT2D eigenvalue weighted by atomic mass is 10.0. The van der Waals surface area contributed by atoms with Gasteiger partial charge in [-0.2, -0.15) is 0 Å². The number of aromatic nitrogens is 2. The molecule has 2 heterocycles. The molecule has 0 saturated heterocycles. The molecule has 1 amide bonds. The van der Waals surface area contributed by atoms with Crippen molar-refractivity contribution in [1.82, 2.24) is 9.55 Å². The molecule has 0 saturated carbocycles. The van der Waals surface area contributed by atoms with Crippen LogP contribution >= 0.6 is 0 Å². The van der Waals surface area contributed by atoms with Crippen molar-refractivity contribution >= 4 is 28.2 Å². The van der Waals surface area contributed by atoms with Gasteiger partial charge in [0.25, 0.3) is 5.91 Å². The lowest BCUT2D eigenvalue weighted by molar-refractivity contribution is 0.102. The number of amides is 1. The van der Waals surface area contributed by atoms with Crippen molar-refractivity contribution in [3.05, 3.63) is 89.0 Å². The number of hydrogen-bond acceptors (Lipinski definition) is 5. The van der Waals surface area contributed by atoms with Crippen LogP contribution in [0.25, 0.3) is 10.8 Å². The Labute approximate surface area is 173 Å². The highest BCUT2D eigenvalue weighted by atomic mass is 16.5. The Kier molecular flexibility index (Phi) is 5.17. The minimum atomic E-state index is -0.249. The van der Waals surface area contributed by atoms with Gasteiger partial charge in [0.05, 0.1) is 5.69 Å². The third-order valence-corrected chi connectivity index (χ3v) is 4.66. The topological polar surface area (TPSA) is 85.3 Å². The van der Waals surface area contributed by atoms with E-state index in [9.17, 15) is 9.59 Å². The van der Waals surface area contributed by atoms with E-state index in [0.29, 0.717) is 28.6 Å². The van der Waals surface area contributed by atoms with Crippen LogP contribution in [0, 0.1) is 0 Å². The van der Waals surface area contributed by atoms with Crippen molar-refractivity contribution in [2.75, 3.05) is 17.7 Å². The standard InChI is InChI=1S/C23H20N4O3/c1-24-21-13-18(10-11-25-21)30-17-7-8-19-15(12-17)4-3-5-20(19)23(29)26-16-6-9-22(28)27(2)14-16/h3-14H,1-2H3,(H,24,25)(H,26,29). The molecule has 0 aliphatic carbocycles. The molecule has 0 aliphatic heterocycles. The number of aryl methyl sites for hydroxylation is 1. The Morgan fingerprint density at radius 3 is 2.67 bits per heavy atom. The van der Waals surface area contributed by atoms with E-state index < -0.39 is 0 Å². The van der Waals surface area contributed by atoms with E-state index in [1.54, 1.807) is 50.8 Å². The summed E-state index contributed by atoms with van der Waals surface area (Å²) >= 11 is 0. The van der Waals surface area contributed by atoms with Crippen molar-refractivity contribution < 1.29 is 9.53 Å². The Hall–Kier alpha value is -4.13. The third-order valence-electron chi connectivity index (χ3n) is 4.66. The summed E-state index contributed by atoms with van der Waals surface area (Å²) in [6.07, 6.45) is 3.26. The Morgan fingerprint density at radius 1 is 1.03 bits per heavy atom. The van der Waals surface area contributed by atoms with Gasteiger partial charge in [0.2, 0.25) is 5.56 Å². The lowest BCUT2D eigenvalue weighted by Gasteiger charge is -2.11. The number of fused-ring (bicyclic) bond motifs is 1. The molecule has 0 spiro atoms. The molecule has 0 aliphatic rings. The molecule has 0 unspecified atom stereocenters. The summed E-state index contributed by atoms with van der Waals surface area (Å²) in [6, 6.07) is 17.7. The summed E-state index contributed by atoms with van der Waals surface area (Å²) in [7, 11) is 3.43. The largest absolute Gasteiger partial charge is 0.457 e. The van der Waals surface area contributed by atoms with Gasteiger partial charge < -0.3 is 19.9 Å². The number of rotatable bonds is 5. The second-order valence-corrected chi connectivity index (χ2v) is 6.74. The number of ether oxygens (including phenoxy) is 1. The zero-order chi connectivity index (χ0) is 21.1. The van der Waals surface area contributed by atoms with Gasteiger partial charge in [-0.1, -0.05) is 12.1 Å². The van der Waals surface area contributed by atoms with E-state index in [4.69, 9.17) is 4.74 Å². The van der Waals surface area contributed by atoms with Crippen LogP contribution in [0.1, 0.15) is 10.4 Å². The number of pyridine rings is 2. The summed E-state index contributed by atoms with van der Waals surface area (Å²) in [5.41, 5.74) is 0.952. The summed E-state index contributed by atoms with van der Waals surface area (Å²) in [4.78, 5) is 28.5. The Morgan fingerprint density at radius 2 is 1.87 bits per heavy atom. The molecule has 0 fully saturated rings. The van der Waals surface area contributed by atoms with Crippen LogP contribution < -0.4 is 20.9 Å². The Balaban J connectivity index is 1.61. The minimum Gasteiger partial charge on any atom is -0.457 e. The second kappa shape index (κ2) is 8.08. The molecule has 30 heavy (non-hydrogen) atoms. The summed E-state index contributed by atoms with van der Waals surface area (Å²) in [6.45, 7) is 0. The zero-order valence-corrected chi connectivity index (χ0v) is 16.5. The second-order valence-electron chi connectivity index (χ2n) is 6.74. The number of carbonyl (C=O) groups is 1. The lowest BCUT2D eigenvalue weighted by Crippen LogP contribution is -2.18. The normalized spacial score (nSPS) is 10.6. The third kappa shape index (κ3) is 4.00. The molecule has 4 aromatic rings. The van der Waals surface area contributed by atoms with Crippen LogP contribution in [0.3, 0.4) is 0 Å². The number of anilines is 2. The summed E-state index contributed by atoms with van der Waals surface area (Å²) in [5, 5.41) is 7.50. The molecule has 0 radical (unpaired) electrons. The predicted octanol–water partition coefficient (Wildman–Crippen LogP) is 4.02. The highest BCUT2D eigenvalue weighted by Crippen LogP contribution is 2.28. The molecule has 7 heteroatoms. The van der Waals surface area contributed by atoms with E-state index in [-0.39, 0.29) is 11.5 Å². The smallest absolute Gasteiger partial charge is 0.256 e. The van der Waals surface area contributed by atoms with Crippen LogP contribution in [0.2, 0.25) is 0 Å². The van der Waals surface area contributed by atoms with E-state index in [1.165, 1.54) is 10.6 Å². The monoisotopic (exact) mass is 400 g/mol. The van der Waals surface area contributed by atoms with E-state index >= 15 is 0 Å². The maximum Gasteiger partial charge on any atom is 0.256 e. The van der Waals surface area contributed by atoms with Gasteiger partial charge in [-0.25, -0.2) is 4.98 Å². The Bertz CT molecular complexity index is 1300. The first-order valence-electron chi connectivity index (χ1n) is 9.36. The summed E-state index contributed by atoms with van der Waals surface area (Å²) < 4.78 is 7.35. The number of carbonyl (C=O) groups excluding carboxylic acids is 1. The summed E-state index contributed by atoms with van der Waals surface area (Å²) in [5.74, 6) is 1.79. The molecule has 2 N–H and O–H groups in total. The number of nitrogens with one attached hydrogen (secondary N) is 2. The predicted molar refractivity (Wildman–Crippen MR) is 117 cm³/mol. The van der Waals surface area contributed by atoms with Crippen LogP contribution in [0.15, 0.2) is 77.9 Å². The van der Waals surface area contributed by atoms with Gasteiger partial charge in [0, 0.05) is 44.2 Å². The fraction of sp³-hybridized carbons (Fsp3) is 0.0870. The number of benzene rings is 2. The fourth-order valence-corrected chi connectivity index (χ4v) is 3.14. The molecule has 7 nitrogen and oxygen atoms in total. The van der Waals surface area contributed by atoms with Crippen molar-refractivity contribution in [1.29, 1.82) is 0 Å². The van der Waals surface area contributed by atoms with E-state index in [2.05, 4.69) is 15.6 Å². The highest BCUT2D eigenvalue weighted by molar-refractivity contribution is 6.13. The van der Waals surface area contributed by atoms with Gasteiger partial charge in [0.15, 0.2) is 0 Å². The molecular weight excluding hydrogens is 380 g/mol. The first-order chi connectivity index (χ1) is 14.5. The maximum atomic E-state index is 12.8. The molecule has 150 valence electrons. The molecule has 2 aromatic carbocycles. The molecule has 2 aromatic heterocycles. The fourth-order valence-electron chi connectivity index (χ4n) is 3.14. The number of nitrogens with zero attached hydrogens (tertiary/aromatic N) is 2. The molecule has 0 atom stereocenters. The average Bonchev–Trinajstić information content (AvgIpc) is 2.76. The SMILES string of the molecule is CNc1cc(Oc2ccc3c(C(=O)Nc4ccc(=O)n(C)c4)cccc3c2)ccn1. The van der Waals surface area contributed by atoms with Gasteiger partial charge in [-0.05, 0) is 47.2 Å². The van der Waals surface area contributed by atoms with Gasteiger partial charge in [-0.15, -0.1) is 0 Å². The molecule has 0 bridgehead atoms. The minimum absolute atomic E-state index is 0.137. The van der Waals surface area contributed by atoms with Crippen LogP contribution in [0.5, 0.6) is 11.5 Å². The van der Waals surface area contributed by atoms with Crippen molar-refractivity contribution in [2.45, 2.75) is 0 Å². The maximum absolute atomic E-state index is 12.8. The quantitative estimate of drug-likeness (QED) is 0.529. The van der Waals surface area contributed by atoms with Crippen LogP contribution in [-0.4, -0.2) is 22.5 Å². The first-order valence-corrected chi connectivity index (χ1v) is 9.36. The van der Waals surface area contributed by atoms with Crippen molar-refractivity contribution in [3.8, 4) is 11.5 Å². The van der Waals surface area contributed by atoms with Crippen molar-refractivity contribution in [2.24, 2.45) is 7.05 Å². The van der Waals surface area contributed by atoms with Crippen LogP contribution in [-0.2, 0) is 7.05 Å².